The highest BCUT2D eigenvalue weighted by atomic mass is 127. The number of benzene rings is 1. The van der Waals surface area contributed by atoms with E-state index in [2.05, 4.69) is 32.6 Å². The molecule has 0 atom stereocenters. The molecule has 0 fully saturated rings. The molecule has 0 spiro atoms. The molecule has 7 heteroatoms. The van der Waals surface area contributed by atoms with Gasteiger partial charge in [-0.15, -0.1) is 11.3 Å². The Hall–Kier alpha value is -1.61. The molecule has 0 saturated carbocycles. The molecule has 23 heavy (non-hydrogen) atoms. The number of aromatic nitrogens is 2. The van der Waals surface area contributed by atoms with E-state index >= 15 is 0 Å². The monoisotopic (exact) mass is 442 g/mol. The van der Waals surface area contributed by atoms with Crippen molar-refractivity contribution in [1.82, 2.24) is 9.97 Å². The first kappa shape index (κ1) is 16.3. The Morgan fingerprint density at radius 1 is 1.22 bits per heavy atom. The molecule has 0 unspecified atom stereocenters. The van der Waals surface area contributed by atoms with Crippen LogP contribution >= 0.6 is 33.9 Å². The predicted octanol–water partition coefficient (Wildman–Crippen LogP) is 3.89. The first-order chi connectivity index (χ1) is 11.0. The van der Waals surface area contributed by atoms with Gasteiger partial charge in [-0.3, -0.25) is 4.79 Å². The number of halogens is 1. The summed E-state index contributed by atoms with van der Waals surface area (Å²) in [6.07, 6.45) is 0. The molecule has 2 heterocycles. The van der Waals surface area contributed by atoms with Crippen molar-refractivity contribution in [1.29, 1.82) is 0 Å². The lowest BCUT2D eigenvalue weighted by Gasteiger charge is -2.11. The zero-order chi connectivity index (χ0) is 16.7. The number of nitrogens with one attached hydrogen (secondary N) is 1. The Morgan fingerprint density at radius 3 is 2.61 bits per heavy atom. The fraction of sp³-hybridized carbons (Fsp3) is 0.250. The van der Waals surface area contributed by atoms with Crippen LogP contribution in [0.15, 0.2) is 16.9 Å². The van der Waals surface area contributed by atoms with E-state index in [1.165, 1.54) is 11.3 Å². The zero-order valence-electron chi connectivity index (χ0n) is 13.1. The molecule has 0 aliphatic carbocycles. The summed E-state index contributed by atoms with van der Waals surface area (Å²) in [6, 6.07) is 3.73. The fourth-order valence-corrected chi connectivity index (χ4v) is 4.30. The van der Waals surface area contributed by atoms with Gasteiger partial charge in [0, 0.05) is 10.4 Å². The number of hydrogen-bond acceptors (Lipinski definition) is 5. The smallest absolute Gasteiger partial charge is 0.260 e. The highest BCUT2D eigenvalue weighted by Crippen LogP contribution is 2.36. The topological polar surface area (TPSA) is 64.2 Å². The Bertz CT molecular complexity index is 962. The van der Waals surface area contributed by atoms with E-state index in [4.69, 9.17) is 9.47 Å². The van der Waals surface area contributed by atoms with Gasteiger partial charge >= 0.3 is 0 Å². The Labute approximate surface area is 150 Å². The number of aromatic amines is 1. The minimum atomic E-state index is -0.114. The van der Waals surface area contributed by atoms with Gasteiger partial charge in [-0.25, -0.2) is 4.98 Å². The van der Waals surface area contributed by atoms with E-state index in [9.17, 15) is 4.79 Å². The van der Waals surface area contributed by atoms with Crippen LogP contribution in [0.1, 0.15) is 10.4 Å². The van der Waals surface area contributed by atoms with Crippen molar-refractivity contribution in [3.63, 3.8) is 0 Å². The molecule has 0 radical (unpaired) electrons. The molecular formula is C16H15IN2O3S. The molecule has 3 rings (SSSR count). The summed E-state index contributed by atoms with van der Waals surface area (Å²) in [5, 5.41) is 0.673. The van der Waals surface area contributed by atoms with Crippen LogP contribution in [-0.4, -0.2) is 24.2 Å². The third-order valence-corrected chi connectivity index (χ3v) is 5.65. The quantitative estimate of drug-likeness (QED) is 0.626. The number of aryl methyl sites for hydroxylation is 2. The van der Waals surface area contributed by atoms with Crippen molar-refractivity contribution in [3.8, 4) is 22.9 Å². The summed E-state index contributed by atoms with van der Waals surface area (Å²) >= 11 is 3.71. The van der Waals surface area contributed by atoms with Gasteiger partial charge in [-0.05, 0) is 54.1 Å². The van der Waals surface area contributed by atoms with Crippen molar-refractivity contribution in [2.24, 2.45) is 0 Å². The molecule has 0 aliphatic heterocycles. The molecule has 0 amide bonds. The largest absolute Gasteiger partial charge is 0.493 e. The van der Waals surface area contributed by atoms with E-state index in [0.717, 1.165) is 24.4 Å². The summed E-state index contributed by atoms with van der Waals surface area (Å²) in [5.74, 6) is 1.81. The summed E-state index contributed by atoms with van der Waals surface area (Å²) in [4.78, 5) is 21.8. The van der Waals surface area contributed by atoms with Gasteiger partial charge in [0.15, 0.2) is 11.5 Å². The first-order valence-electron chi connectivity index (χ1n) is 6.88. The lowest BCUT2D eigenvalue weighted by Crippen LogP contribution is -2.09. The number of H-pyrrole nitrogens is 1. The molecule has 3 aromatic rings. The number of thiophene rings is 1. The maximum atomic E-state index is 12.4. The second-order valence-corrected chi connectivity index (χ2v) is 7.44. The highest BCUT2D eigenvalue weighted by Gasteiger charge is 2.16. The maximum Gasteiger partial charge on any atom is 0.260 e. The standard InChI is InChI=1S/C16H15IN2O3S/c1-7-8(2)23-16-12(7)15(20)18-14(19-16)9-5-10(17)13(22-4)11(6-9)21-3/h5-6H,1-4H3,(H,18,19,20). The van der Waals surface area contributed by atoms with E-state index in [0.29, 0.717) is 22.7 Å². The zero-order valence-corrected chi connectivity index (χ0v) is 16.1. The van der Waals surface area contributed by atoms with Crippen molar-refractivity contribution in [2.45, 2.75) is 13.8 Å². The molecule has 5 nitrogen and oxygen atoms in total. The Kier molecular flexibility index (Phi) is 4.33. The van der Waals surface area contributed by atoms with E-state index < -0.39 is 0 Å². The molecule has 120 valence electrons. The summed E-state index contributed by atoms with van der Waals surface area (Å²) in [7, 11) is 3.19. The van der Waals surface area contributed by atoms with Crippen molar-refractivity contribution in [2.75, 3.05) is 14.2 Å². The second-order valence-electron chi connectivity index (χ2n) is 5.07. The van der Waals surface area contributed by atoms with Crippen LogP contribution in [0.2, 0.25) is 0 Å². The van der Waals surface area contributed by atoms with E-state index in [-0.39, 0.29) is 5.56 Å². The number of methoxy groups -OCH3 is 2. The SMILES string of the molecule is COc1cc(-c2nc3sc(C)c(C)c3c(=O)[nH]2)cc(I)c1OC. The van der Waals surface area contributed by atoms with Gasteiger partial charge in [0.05, 0.1) is 23.2 Å². The van der Waals surface area contributed by atoms with Crippen LogP contribution in [0, 0.1) is 17.4 Å². The van der Waals surface area contributed by atoms with Crippen LogP contribution in [0.4, 0.5) is 0 Å². The minimum absolute atomic E-state index is 0.114. The van der Waals surface area contributed by atoms with E-state index in [1.807, 2.05) is 26.0 Å². The number of rotatable bonds is 3. The molecule has 0 saturated heterocycles. The number of nitrogens with zero attached hydrogens (tertiary/aromatic N) is 1. The predicted molar refractivity (Wildman–Crippen MR) is 101 cm³/mol. The van der Waals surface area contributed by atoms with Crippen LogP contribution in [0.3, 0.4) is 0 Å². The molecule has 1 N–H and O–H groups in total. The average molecular weight is 442 g/mol. The van der Waals surface area contributed by atoms with Gasteiger partial charge < -0.3 is 14.5 Å². The molecule has 0 bridgehead atoms. The van der Waals surface area contributed by atoms with Gasteiger partial charge in [0.2, 0.25) is 0 Å². The van der Waals surface area contributed by atoms with Gasteiger partial charge in [0.1, 0.15) is 10.7 Å². The van der Waals surface area contributed by atoms with Crippen molar-refractivity contribution < 1.29 is 9.47 Å². The van der Waals surface area contributed by atoms with Gasteiger partial charge in [0.25, 0.3) is 5.56 Å². The second kappa shape index (κ2) is 6.12. The summed E-state index contributed by atoms with van der Waals surface area (Å²) in [5.41, 5.74) is 1.67. The average Bonchev–Trinajstić information content (AvgIpc) is 2.81. The fourth-order valence-electron chi connectivity index (χ4n) is 2.45. The summed E-state index contributed by atoms with van der Waals surface area (Å²) < 4.78 is 11.6. The lowest BCUT2D eigenvalue weighted by molar-refractivity contribution is 0.353. The highest BCUT2D eigenvalue weighted by molar-refractivity contribution is 14.1. The van der Waals surface area contributed by atoms with Crippen LogP contribution < -0.4 is 15.0 Å². The van der Waals surface area contributed by atoms with E-state index in [1.54, 1.807) is 14.2 Å². The minimum Gasteiger partial charge on any atom is -0.493 e. The molecule has 2 aromatic heterocycles. The normalized spacial score (nSPS) is 11.0. The lowest BCUT2D eigenvalue weighted by atomic mass is 10.1. The third-order valence-electron chi connectivity index (χ3n) is 3.75. The molecular weight excluding hydrogens is 427 g/mol. The molecule has 0 aliphatic rings. The Balaban J connectivity index is 2.25. The van der Waals surface area contributed by atoms with Crippen LogP contribution in [0.25, 0.3) is 21.6 Å². The number of ether oxygens (including phenoxy) is 2. The third kappa shape index (κ3) is 2.72. The van der Waals surface area contributed by atoms with Crippen molar-refractivity contribution in [3.05, 3.63) is 36.5 Å². The van der Waals surface area contributed by atoms with Gasteiger partial charge in [-0.2, -0.15) is 0 Å². The van der Waals surface area contributed by atoms with Crippen LogP contribution in [0.5, 0.6) is 11.5 Å². The van der Waals surface area contributed by atoms with Crippen LogP contribution in [-0.2, 0) is 0 Å². The Morgan fingerprint density at radius 2 is 1.96 bits per heavy atom. The summed E-state index contributed by atoms with van der Waals surface area (Å²) in [6.45, 7) is 3.95. The number of fused-ring (bicyclic) bond motifs is 1. The molecule has 1 aromatic carbocycles. The maximum absolute atomic E-state index is 12.4. The number of hydrogen-bond donors (Lipinski definition) is 1. The van der Waals surface area contributed by atoms with Gasteiger partial charge in [-0.1, -0.05) is 0 Å². The van der Waals surface area contributed by atoms with Crippen molar-refractivity contribution >= 4 is 44.1 Å². The first-order valence-corrected chi connectivity index (χ1v) is 8.77.